The third kappa shape index (κ3) is 15.0. The molecule has 1 atom stereocenters. The SMILES string of the molecule is CCCCC/C=C/CCCCCCCCCCCCCCC1=NCC[N+]1(CC)CCNC(C)=O. The molecule has 1 N–H and O–H groups in total. The van der Waals surface area contributed by atoms with Crippen LogP contribution in [0.1, 0.15) is 136 Å². The van der Waals surface area contributed by atoms with E-state index >= 15 is 0 Å². The molecule has 0 saturated carbocycles. The Morgan fingerprint density at radius 1 is 0.824 bits per heavy atom. The summed E-state index contributed by atoms with van der Waals surface area (Å²) < 4.78 is 0.996. The Kier molecular flexibility index (Phi) is 19.2. The molecule has 0 aromatic rings. The van der Waals surface area contributed by atoms with E-state index in [-0.39, 0.29) is 5.91 Å². The van der Waals surface area contributed by atoms with Crippen molar-refractivity contribution < 1.29 is 9.28 Å². The standard InChI is InChI=1S/C30H57N3O/c1-4-6-7-8-9-10-11-12-13-14-15-16-17-18-19-20-21-22-23-24-30-32-26-28-33(30,5-2)27-25-31-29(3)34/h9-10H,4-8,11-28H2,1-3H3/p+1/b10-9+. The number of amides is 1. The number of carbonyl (C=O) groups excluding carboxylic acids is 1. The van der Waals surface area contributed by atoms with E-state index in [0.29, 0.717) is 0 Å². The van der Waals surface area contributed by atoms with Gasteiger partial charge in [0.1, 0.15) is 13.1 Å². The second-order valence-corrected chi connectivity index (χ2v) is 10.4. The van der Waals surface area contributed by atoms with Crippen LogP contribution < -0.4 is 5.32 Å². The second-order valence-electron chi connectivity index (χ2n) is 10.4. The van der Waals surface area contributed by atoms with Gasteiger partial charge in [0.05, 0.1) is 19.6 Å². The lowest BCUT2D eigenvalue weighted by Crippen LogP contribution is -2.54. The molecule has 0 saturated heterocycles. The van der Waals surface area contributed by atoms with Crippen LogP contribution in [0.5, 0.6) is 0 Å². The first-order chi connectivity index (χ1) is 16.6. The summed E-state index contributed by atoms with van der Waals surface area (Å²) in [6.45, 7) is 11.1. The fourth-order valence-corrected chi connectivity index (χ4v) is 5.21. The number of amidine groups is 1. The fraction of sp³-hybridized carbons (Fsp3) is 0.867. The van der Waals surface area contributed by atoms with E-state index in [4.69, 9.17) is 4.99 Å². The Balaban J connectivity index is 1.91. The van der Waals surface area contributed by atoms with Gasteiger partial charge >= 0.3 is 0 Å². The van der Waals surface area contributed by atoms with Crippen molar-refractivity contribution in [2.45, 2.75) is 136 Å². The zero-order valence-corrected chi connectivity index (χ0v) is 23.2. The van der Waals surface area contributed by atoms with Crippen molar-refractivity contribution in [3.63, 3.8) is 0 Å². The summed E-state index contributed by atoms with van der Waals surface area (Å²) in [6.07, 6.45) is 29.3. The lowest BCUT2D eigenvalue weighted by atomic mass is 10.0. The molecular weight excluding hydrogens is 418 g/mol. The minimum absolute atomic E-state index is 0.0726. The first kappa shape index (κ1) is 30.9. The van der Waals surface area contributed by atoms with Gasteiger partial charge in [-0.3, -0.25) is 9.28 Å². The molecule has 0 aromatic carbocycles. The summed E-state index contributed by atoms with van der Waals surface area (Å²) in [6, 6.07) is 0. The molecular formula is C30H58N3O+. The van der Waals surface area contributed by atoms with Gasteiger partial charge in [-0.25, -0.2) is 4.99 Å². The molecule has 0 fully saturated rings. The van der Waals surface area contributed by atoms with Crippen molar-refractivity contribution in [3.8, 4) is 0 Å². The van der Waals surface area contributed by atoms with Crippen LogP contribution in [0.2, 0.25) is 0 Å². The highest BCUT2D eigenvalue weighted by molar-refractivity contribution is 5.77. The Labute approximate surface area is 212 Å². The van der Waals surface area contributed by atoms with E-state index in [1.807, 2.05) is 0 Å². The minimum atomic E-state index is 0.0726. The van der Waals surface area contributed by atoms with Crippen LogP contribution >= 0.6 is 0 Å². The molecule has 0 spiro atoms. The van der Waals surface area contributed by atoms with Crippen molar-refractivity contribution in [3.05, 3.63) is 12.2 Å². The highest BCUT2D eigenvalue weighted by atomic mass is 16.1. The van der Waals surface area contributed by atoms with Crippen molar-refractivity contribution >= 4 is 11.7 Å². The number of nitrogens with one attached hydrogen (secondary N) is 1. The maximum Gasteiger partial charge on any atom is 0.217 e. The molecule has 0 aromatic heterocycles. The lowest BCUT2D eigenvalue weighted by Gasteiger charge is -2.33. The number of carbonyl (C=O) groups is 1. The van der Waals surface area contributed by atoms with Gasteiger partial charge in [0, 0.05) is 13.3 Å². The molecule has 198 valence electrons. The number of rotatable bonds is 23. The van der Waals surface area contributed by atoms with Gasteiger partial charge in [-0.05, 0) is 39.0 Å². The monoisotopic (exact) mass is 476 g/mol. The van der Waals surface area contributed by atoms with Gasteiger partial charge in [0.25, 0.3) is 0 Å². The number of nitrogens with zero attached hydrogens (tertiary/aromatic N) is 2. The molecule has 1 aliphatic rings. The van der Waals surface area contributed by atoms with E-state index in [0.717, 1.165) is 43.6 Å². The largest absolute Gasteiger partial charge is 0.351 e. The summed E-state index contributed by atoms with van der Waals surface area (Å²) in [5, 5.41) is 2.97. The predicted octanol–water partition coefficient (Wildman–Crippen LogP) is 7.97. The van der Waals surface area contributed by atoms with Gasteiger partial charge in [-0.2, -0.15) is 0 Å². The number of hydrogen-bond acceptors (Lipinski definition) is 2. The van der Waals surface area contributed by atoms with Crippen LogP contribution in [0.15, 0.2) is 17.1 Å². The predicted molar refractivity (Wildman–Crippen MR) is 149 cm³/mol. The van der Waals surface area contributed by atoms with E-state index in [1.165, 1.54) is 115 Å². The summed E-state index contributed by atoms with van der Waals surface area (Å²) >= 11 is 0. The molecule has 0 bridgehead atoms. The Bertz CT molecular complexity index is 557. The zero-order valence-electron chi connectivity index (χ0n) is 23.2. The minimum Gasteiger partial charge on any atom is -0.351 e. The van der Waals surface area contributed by atoms with Gasteiger partial charge in [-0.1, -0.05) is 96.1 Å². The number of unbranched alkanes of at least 4 members (excludes halogenated alkanes) is 15. The zero-order chi connectivity index (χ0) is 24.7. The highest BCUT2D eigenvalue weighted by Crippen LogP contribution is 2.20. The number of aliphatic imine (C=N–C) groups is 1. The average Bonchev–Trinajstić information content (AvgIpc) is 3.23. The Hall–Kier alpha value is -1.16. The maximum absolute atomic E-state index is 11.2. The molecule has 4 heteroatoms. The summed E-state index contributed by atoms with van der Waals surface area (Å²) in [5.74, 6) is 1.46. The van der Waals surface area contributed by atoms with Crippen LogP contribution in [0.3, 0.4) is 0 Å². The average molecular weight is 477 g/mol. The quantitative estimate of drug-likeness (QED) is 0.0906. The molecule has 4 nitrogen and oxygen atoms in total. The normalized spacial score (nSPS) is 18.0. The molecule has 0 aliphatic carbocycles. The molecule has 34 heavy (non-hydrogen) atoms. The lowest BCUT2D eigenvalue weighted by molar-refractivity contribution is -0.833. The van der Waals surface area contributed by atoms with Gasteiger partial charge in [0.2, 0.25) is 5.91 Å². The van der Waals surface area contributed by atoms with Gasteiger partial charge in [-0.15, -0.1) is 0 Å². The summed E-state index contributed by atoms with van der Waals surface area (Å²) in [4.78, 5) is 16.0. The van der Waals surface area contributed by atoms with Crippen LogP contribution in [0, 0.1) is 0 Å². The number of allylic oxidation sites excluding steroid dienone is 2. The van der Waals surface area contributed by atoms with E-state index in [1.54, 1.807) is 6.92 Å². The molecule has 0 radical (unpaired) electrons. The second kappa shape index (κ2) is 21.1. The number of hydrogen-bond donors (Lipinski definition) is 1. The Morgan fingerprint density at radius 3 is 1.88 bits per heavy atom. The van der Waals surface area contributed by atoms with E-state index < -0.39 is 0 Å². The summed E-state index contributed by atoms with van der Waals surface area (Å²) in [7, 11) is 0. The van der Waals surface area contributed by atoms with Crippen LogP contribution in [-0.4, -0.2) is 48.9 Å². The van der Waals surface area contributed by atoms with Crippen LogP contribution in [-0.2, 0) is 4.79 Å². The molecule has 1 heterocycles. The third-order valence-electron chi connectivity index (χ3n) is 7.55. The summed E-state index contributed by atoms with van der Waals surface area (Å²) in [5.41, 5.74) is 0. The smallest absolute Gasteiger partial charge is 0.217 e. The first-order valence-corrected chi connectivity index (χ1v) is 14.9. The highest BCUT2D eigenvalue weighted by Gasteiger charge is 2.35. The number of likely N-dealkylation sites (N-methyl/N-ethyl adjacent to an activating group) is 1. The van der Waals surface area contributed by atoms with Gasteiger partial charge < -0.3 is 5.32 Å². The van der Waals surface area contributed by atoms with Gasteiger partial charge in [0.15, 0.2) is 5.84 Å². The fourth-order valence-electron chi connectivity index (χ4n) is 5.21. The molecule has 1 rings (SSSR count). The molecule has 1 amide bonds. The molecule has 1 aliphatic heterocycles. The third-order valence-corrected chi connectivity index (χ3v) is 7.55. The van der Waals surface area contributed by atoms with Crippen molar-refractivity contribution in [2.75, 3.05) is 32.7 Å². The van der Waals surface area contributed by atoms with Crippen LogP contribution in [0.25, 0.3) is 0 Å². The van der Waals surface area contributed by atoms with E-state index in [2.05, 4.69) is 31.3 Å². The maximum atomic E-state index is 11.2. The van der Waals surface area contributed by atoms with Crippen LogP contribution in [0.4, 0.5) is 0 Å². The van der Waals surface area contributed by atoms with Crippen molar-refractivity contribution in [1.82, 2.24) is 5.32 Å². The van der Waals surface area contributed by atoms with Crippen molar-refractivity contribution in [1.29, 1.82) is 0 Å². The molecule has 1 unspecified atom stereocenters. The van der Waals surface area contributed by atoms with E-state index in [9.17, 15) is 4.79 Å². The topological polar surface area (TPSA) is 41.5 Å². The Morgan fingerprint density at radius 2 is 1.35 bits per heavy atom. The van der Waals surface area contributed by atoms with Crippen molar-refractivity contribution in [2.24, 2.45) is 4.99 Å². The number of quaternary nitrogens is 1. The first-order valence-electron chi connectivity index (χ1n) is 14.9.